The summed E-state index contributed by atoms with van der Waals surface area (Å²) in [7, 11) is 0. The molecule has 5 heteroatoms. The lowest BCUT2D eigenvalue weighted by Gasteiger charge is -2.34. The fourth-order valence-electron chi connectivity index (χ4n) is 2.85. The smallest absolute Gasteiger partial charge is 0.274 e. The Morgan fingerprint density at radius 2 is 2.14 bits per heavy atom. The van der Waals surface area contributed by atoms with E-state index in [1.54, 1.807) is 6.20 Å². The Kier molecular flexibility index (Phi) is 3.84. The Hall–Kier alpha value is -2.01. The number of nitrogens with zero attached hydrogens (tertiary/aromatic N) is 3. The van der Waals surface area contributed by atoms with Crippen LogP contribution in [0.4, 0.5) is 0 Å². The van der Waals surface area contributed by atoms with Gasteiger partial charge in [-0.15, -0.1) is 0 Å². The molecule has 3 rings (SSSR count). The summed E-state index contributed by atoms with van der Waals surface area (Å²) in [4.78, 5) is 23.2. The second-order valence-corrected chi connectivity index (χ2v) is 5.76. The molecule has 0 bridgehead atoms. The van der Waals surface area contributed by atoms with E-state index in [1.807, 2.05) is 36.1 Å². The van der Waals surface area contributed by atoms with E-state index in [0.29, 0.717) is 18.2 Å². The predicted octanol–water partition coefficient (Wildman–Crippen LogP) is 1.83. The fraction of sp³-hybridized carbons (Fsp3) is 0.438. The average Bonchev–Trinajstić information content (AvgIpc) is 2.53. The Labute approximate surface area is 124 Å². The van der Waals surface area contributed by atoms with Crippen LogP contribution in [0.2, 0.25) is 0 Å². The summed E-state index contributed by atoms with van der Waals surface area (Å²) in [5.74, 6) is 0.328. The number of carbonyl (C=O) groups excluding carboxylic acids is 1. The summed E-state index contributed by atoms with van der Waals surface area (Å²) in [6.45, 7) is 3.50. The molecule has 0 spiro atoms. The highest BCUT2D eigenvalue weighted by molar-refractivity contribution is 5.93. The van der Waals surface area contributed by atoms with E-state index < -0.39 is 0 Å². The largest absolute Gasteiger partial charge is 0.337 e. The van der Waals surface area contributed by atoms with Crippen molar-refractivity contribution in [3.63, 3.8) is 0 Å². The van der Waals surface area contributed by atoms with Crippen molar-refractivity contribution in [3.05, 3.63) is 36.2 Å². The molecule has 2 atom stereocenters. The molecular weight excluding hydrogens is 264 g/mol. The first-order chi connectivity index (χ1) is 10.1. The van der Waals surface area contributed by atoms with E-state index in [2.05, 4.69) is 9.97 Å². The number of piperidine rings is 1. The molecule has 2 heterocycles. The van der Waals surface area contributed by atoms with E-state index in [4.69, 9.17) is 5.73 Å². The topological polar surface area (TPSA) is 72.1 Å². The fourth-order valence-corrected chi connectivity index (χ4v) is 2.85. The zero-order chi connectivity index (χ0) is 14.8. The Morgan fingerprint density at radius 1 is 1.38 bits per heavy atom. The van der Waals surface area contributed by atoms with Crippen molar-refractivity contribution in [1.29, 1.82) is 0 Å². The van der Waals surface area contributed by atoms with Gasteiger partial charge in [0, 0.05) is 19.1 Å². The highest BCUT2D eigenvalue weighted by atomic mass is 16.2. The summed E-state index contributed by atoms with van der Waals surface area (Å²) in [6.07, 6.45) is 3.66. The van der Waals surface area contributed by atoms with Crippen LogP contribution in [0.15, 0.2) is 30.5 Å². The summed E-state index contributed by atoms with van der Waals surface area (Å²) in [6, 6.07) is 7.70. The Balaban J connectivity index is 1.82. The summed E-state index contributed by atoms with van der Waals surface area (Å²) < 4.78 is 0. The third-order valence-electron chi connectivity index (χ3n) is 4.16. The Bertz CT molecular complexity index is 656. The summed E-state index contributed by atoms with van der Waals surface area (Å²) >= 11 is 0. The quantitative estimate of drug-likeness (QED) is 0.913. The minimum Gasteiger partial charge on any atom is -0.337 e. The second-order valence-electron chi connectivity index (χ2n) is 5.76. The number of benzene rings is 1. The first kappa shape index (κ1) is 13.9. The maximum Gasteiger partial charge on any atom is 0.274 e. The molecular formula is C16H20N4O. The SMILES string of the molecule is C[C@H](N)[C@@H]1CCCN(C(=O)c2cnc3ccccc3n2)C1. The van der Waals surface area contributed by atoms with E-state index in [-0.39, 0.29) is 11.9 Å². The number of rotatable bonds is 2. The van der Waals surface area contributed by atoms with Crippen LogP contribution in [-0.4, -0.2) is 39.9 Å². The standard InChI is InChI=1S/C16H20N4O/c1-11(17)12-5-4-8-20(10-12)16(21)15-9-18-13-6-2-3-7-14(13)19-15/h2-3,6-7,9,11-12H,4-5,8,10,17H2,1H3/t11-,12+/m0/s1. The highest BCUT2D eigenvalue weighted by Crippen LogP contribution is 2.20. The average molecular weight is 284 g/mol. The molecule has 1 fully saturated rings. The normalized spacial score (nSPS) is 20.5. The number of nitrogens with two attached hydrogens (primary N) is 1. The van der Waals surface area contributed by atoms with Crippen LogP contribution < -0.4 is 5.73 Å². The molecule has 0 radical (unpaired) electrons. The van der Waals surface area contributed by atoms with Gasteiger partial charge in [-0.25, -0.2) is 4.98 Å². The monoisotopic (exact) mass is 284 g/mol. The number of hydrogen-bond acceptors (Lipinski definition) is 4. The molecule has 0 unspecified atom stereocenters. The minimum absolute atomic E-state index is 0.0430. The molecule has 1 saturated heterocycles. The number of carbonyl (C=O) groups is 1. The van der Waals surface area contributed by atoms with Crippen LogP contribution in [0.3, 0.4) is 0 Å². The molecule has 2 N–H and O–H groups in total. The Morgan fingerprint density at radius 3 is 2.90 bits per heavy atom. The maximum absolute atomic E-state index is 12.6. The van der Waals surface area contributed by atoms with Crippen LogP contribution in [0.25, 0.3) is 11.0 Å². The van der Waals surface area contributed by atoms with Gasteiger partial charge >= 0.3 is 0 Å². The van der Waals surface area contributed by atoms with Crippen molar-refractivity contribution in [2.24, 2.45) is 11.7 Å². The van der Waals surface area contributed by atoms with E-state index in [1.165, 1.54) is 0 Å². The van der Waals surface area contributed by atoms with Crippen molar-refractivity contribution in [3.8, 4) is 0 Å². The van der Waals surface area contributed by atoms with E-state index in [9.17, 15) is 4.79 Å². The number of hydrogen-bond donors (Lipinski definition) is 1. The summed E-state index contributed by atoms with van der Waals surface area (Å²) in [5.41, 5.74) is 7.95. The van der Waals surface area contributed by atoms with E-state index in [0.717, 1.165) is 30.4 Å². The van der Waals surface area contributed by atoms with Gasteiger partial charge in [0.25, 0.3) is 5.91 Å². The molecule has 1 aliphatic rings. The predicted molar refractivity (Wildman–Crippen MR) is 81.8 cm³/mol. The number of para-hydroxylation sites is 2. The van der Waals surface area contributed by atoms with Crippen molar-refractivity contribution < 1.29 is 4.79 Å². The molecule has 1 aromatic carbocycles. The first-order valence-electron chi connectivity index (χ1n) is 7.42. The lowest BCUT2D eigenvalue weighted by Crippen LogP contribution is -2.45. The van der Waals surface area contributed by atoms with Gasteiger partial charge in [-0.2, -0.15) is 0 Å². The lowest BCUT2D eigenvalue weighted by molar-refractivity contribution is 0.0655. The van der Waals surface area contributed by atoms with Crippen molar-refractivity contribution in [1.82, 2.24) is 14.9 Å². The van der Waals surface area contributed by atoms with Crippen LogP contribution in [-0.2, 0) is 0 Å². The highest BCUT2D eigenvalue weighted by Gasteiger charge is 2.27. The van der Waals surface area contributed by atoms with Gasteiger partial charge in [0.1, 0.15) is 5.69 Å². The second kappa shape index (κ2) is 5.77. The minimum atomic E-state index is -0.0430. The summed E-state index contributed by atoms with van der Waals surface area (Å²) in [5, 5.41) is 0. The molecule has 21 heavy (non-hydrogen) atoms. The van der Waals surface area contributed by atoms with Gasteiger partial charge in [-0.05, 0) is 37.8 Å². The number of aromatic nitrogens is 2. The van der Waals surface area contributed by atoms with Crippen molar-refractivity contribution in [2.75, 3.05) is 13.1 Å². The van der Waals surface area contributed by atoms with Gasteiger partial charge in [0.15, 0.2) is 0 Å². The van der Waals surface area contributed by atoms with Crippen molar-refractivity contribution in [2.45, 2.75) is 25.8 Å². The van der Waals surface area contributed by atoms with Crippen LogP contribution in [0.1, 0.15) is 30.3 Å². The van der Waals surface area contributed by atoms with Crippen LogP contribution in [0, 0.1) is 5.92 Å². The first-order valence-corrected chi connectivity index (χ1v) is 7.42. The van der Waals surface area contributed by atoms with E-state index >= 15 is 0 Å². The maximum atomic E-state index is 12.6. The number of fused-ring (bicyclic) bond motifs is 1. The number of amides is 1. The zero-order valence-corrected chi connectivity index (χ0v) is 12.2. The molecule has 0 saturated carbocycles. The van der Waals surface area contributed by atoms with Crippen molar-refractivity contribution >= 4 is 16.9 Å². The third-order valence-corrected chi connectivity index (χ3v) is 4.16. The van der Waals surface area contributed by atoms with Gasteiger partial charge < -0.3 is 10.6 Å². The molecule has 2 aromatic rings. The molecule has 110 valence electrons. The molecule has 1 aromatic heterocycles. The third kappa shape index (κ3) is 2.88. The van der Waals surface area contributed by atoms with Gasteiger partial charge in [-0.3, -0.25) is 9.78 Å². The molecule has 0 aliphatic carbocycles. The number of likely N-dealkylation sites (tertiary alicyclic amines) is 1. The van der Waals surface area contributed by atoms with Crippen LogP contribution in [0.5, 0.6) is 0 Å². The zero-order valence-electron chi connectivity index (χ0n) is 12.2. The lowest BCUT2D eigenvalue weighted by atomic mass is 9.92. The molecule has 5 nitrogen and oxygen atoms in total. The molecule has 1 amide bonds. The van der Waals surface area contributed by atoms with Crippen LogP contribution >= 0.6 is 0 Å². The van der Waals surface area contributed by atoms with Gasteiger partial charge in [0.05, 0.1) is 17.2 Å². The van der Waals surface area contributed by atoms with Gasteiger partial charge in [0.2, 0.25) is 0 Å². The van der Waals surface area contributed by atoms with Gasteiger partial charge in [-0.1, -0.05) is 12.1 Å². The molecule has 1 aliphatic heterocycles.